The fraction of sp³-hybridized carbons (Fsp3) is 0.0833. The summed E-state index contributed by atoms with van der Waals surface area (Å²) in [6.45, 7) is 0. The highest BCUT2D eigenvalue weighted by Crippen LogP contribution is 2.26. The van der Waals surface area contributed by atoms with Gasteiger partial charge in [-0.15, -0.1) is 0 Å². The maximum Gasteiger partial charge on any atom is 0.349 e. The Kier molecular flexibility index (Phi) is 8.39. The smallest absolute Gasteiger partial charge is 0.349 e. The van der Waals surface area contributed by atoms with E-state index in [1.807, 2.05) is 0 Å². The summed E-state index contributed by atoms with van der Waals surface area (Å²) in [6, 6.07) is 19.7. The third-order valence-corrected chi connectivity index (χ3v) is 5.68. The Morgan fingerprint density at radius 1 is 0.794 bits per heavy atom. The van der Waals surface area contributed by atoms with E-state index in [2.05, 4.69) is 21.2 Å². The molecule has 3 rings (SSSR count). The third kappa shape index (κ3) is 6.43. The standard InChI is InChI=1S/C24H17BrClNO7/c25-17-12-11-16(13-18(17)26)27-21(28)19(33-23(31)14-7-3-1-4-8-14)20(22(29)30)34-24(32)15-9-5-2-6-10-15/h1-13,19-20H,(H,27,28)(H,29,30)/t19-,20-/m1/s1. The highest BCUT2D eigenvalue weighted by molar-refractivity contribution is 9.10. The Morgan fingerprint density at radius 2 is 1.29 bits per heavy atom. The van der Waals surface area contributed by atoms with Gasteiger partial charge in [0, 0.05) is 10.2 Å². The van der Waals surface area contributed by atoms with Crippen molar-refractivity contribution in [2.24, 2.45) is 0 Å². The molecule has 0 aliphatic rings. The van der Waals surface area contributed by atoms with Gasteiger partial charge in [-0.3, -0.25) is 4.79 Å². The van der Waals surface area contributed by atoms with Crippen LogP contribution in [0.4, 0.5) is 5.69 Å². The molecule has 0 aliphatic carbocycles. The van der Waals surface area contributed by atoms with Crippen LogP contribution in [0.5, 0.6) is 0 Å². The number of nitrogens with one attached hydrogen (secondary N) is 1. The molecule has 174 valence electrons. The van der Waals surface area contributed by atoms with Gasteiger partial charge in [0.15, 0.2) is 0 Å². The number of ether oxygens (including phenoxy) is 2. The number of hydrogen-bond donors (Lipinski definition) is 2. The van der Waals surface area contributed by atoms with Crippen molar-refractivity contribution in [2.75, 3.05) is 5.32 Å². The minimum Gasteiger partial charge on any atom is -0.478 e. The fourth-order valence-electron chi connectivity index (χ4n) is 2.80. The zero-order valence-electron chi connectivity index (χ0n) is 17.3. The number of aliphatic carboxylic acids is 1. The van der Waals surface area contributed by atoms with Gasteiger partial charge in [-0.25, -0.2) is 14.4 Å². The first-order chi connectivity index (χ1) is 16.3. The van der Waals surface area contributed by atoms with Crippen LogP contribution in [0.3, 0.4) is 0 Å². The molecule has 0 radical (unpaired) electrons. The molecule has 8 nitrogen and oxygen atoms in total. The highest BCUT2D eigenvalue weighted by atomic mass is 79.9. The first-order valence-corrected chi connectivity index (χ1v) is 10.9. The average molecular weight is 547 g/mol. The van der Waals surface area contributed by atoms with E-state index in [9.17, 15) is 24.3 Å². The zero-order chi connectivity index (χ0) is 24.7. The Labute approximate surface area is 207 Å². The van der Waals surface area contributed by atoms with Crippen LogP contribution in [0.2, 0.25) is 5.02 Å². The maximum atomic E-state index is 13.0. The number of anilines is 1. The quantitative estimate of drug-likeness (QED) is 0.397. The van der Waals surface area contributed by atoms with Gasteiger partial charge < -0.3 is 19.9 Å². The fourth-order valence-corrected chi connectivity index (χ4v) is 3.22. The van der Waals surface area contributed by atoms with Gasteiger partial charge in [-0.1, -0.05) is 48.0 Å². The second-order valence-corrected chi connectivity index (χ2v) is 8.10. The van der Waals surface area contributed by atoms with Crippen molar-refractivity contribution in [3.63, 3.8) is 0 Å². The van der Waals surface area contributed by atoms with Crippen molar-refractivity contribution in [3.05, 3.63) is 99.5 Å². The number of carbonyl (C=O) groups excluding carboxylic acids is 3. The second kappa shape index (κ2) is 11.4. The summed E-state index contributed by atoms with van der Waals surface area (Å²) in [7, 11) is 0. The molecule has 0 aromatic heterocycles. The van der Waals surface area contributed by atoms with E-state index in [-0.39, 0.29) is 21.8 Å². The summed E-state index contributed by atoms with van der Waals surface area (Å²) in [6.07, 6.45) is -4.15. The summed E-state index contributed by atoms with van der Waals surface area (Å²) in [5.74, 6) is -4.69. The van der Waals surface area contributed by atoms with Crippen molar-refractivity contribution >= 4 is 57.0 Å². The Bertz CT molecular complexity index is 1200. The molecule has 0 fully saturated rings. The number of halogens is 2. The Balaban J connectivity index is 1.91. The molecule has 1 amide bonds. The van der Waals surface area contributed by atoms with Crippen LogP contribution in [0, 0.1) is 0 Å². The van der Waals surface area contributed by atoms with Gasteiger partial charge in [-0.05, 0) is 58.4 Å². The molecule has 3 aromatic carbocycles. The minimum absolute atomic E-state index is 0.0574. The predicted molar refractivity (Wildman–Crippen MR) is 127 cm³/mol. The number of amides is 1. The summed E-state index contributed by atoms with van der Waals surface area (Å²) in [4.78, 5) is 50.2. The van der Waals surface area contributed by atoms with E-state index in [0.29, 0.717) is 4.47 Å². The molecule has 0 unspecified atom stereocenters. The first-order valence-electron chi connectivity index (χ1n) is 9.77. The number of carboxylic acid groups (broad SMARTS) is 1. The molecular weight excluding hydrogens is 530 g/mol. The monoisotopic (exact) mass is 545 g/mol. The van der Waals surface area contributed by atoms with Crippen LogP contribution in [0.1, 0.15) is 20.7 Å². The number of rotatable bonds is 8. The minimum atomic E-state index is -2.13. The van der Waals surface area contributed by atoms with Gasteiger partial charge in [0.25, 0.3) is 5.91 Å². The zero-order valence-corrected chi connectivity index (χ0v) is 19.7. The molecule has 2 atom stereocenters. The molecule has 10 heteroatoms. The van der Waals surface area contributed by atoms with Crippen molar-refractivity contribution in [3.8, 4) is 0 Å². The number of esters is 2. The molecule has 0 spiro atoms. The number of benzene rings is 3. The lowest BCUT2D eigenvalue weighted by Gasteiger charge is -2.23. The van der Waals surface area contributed by atoms with Crippen LogP contribution in [-0.2, 0) is 19.1 Å². The van der Waals surface area contributed by atoms with Crippen LogP contribution < -0.4 is 5.32 Å². The van der Waals surface area contributed by atoms with Crippen LogP contribution in [0.15, 0.2) is 83.3 Å². The average Bonchev–Trinajstić information content (AvgIpc) is 2.84. The number of hydrogen-bond acceptors (Lipinski definition) is 6. The van der Waals surface area contributed by atoms with Gasteiger partial charge in [-0.2, -0.15) is 0 Å². The summed E-state index contributed by atoms with van der Waals surface area (Å²) >= 11 is 9.27. The Hall–Kier alpha value is -3.69. The molecule has 0 heterocycles. The highest BCUT2D eigenvalue weighted by Gasteiger charge is 2.41. The molecule has 0 bridgehead atoms. The Morgan fingerprint density at radius 3 is 1.76 bits per heavy atom. The van der Waals surface area contributed by atoms with Crippen molar-refractivity contribution in [1.82, 2.24) is 0 Å². The van der Waals surface area contributed by atoms with E-state index in [0.717, 1.165) is 0 Å². The topological polar surface area (TPSA) is 119 Å². The van der Waals surface area contributed by atoms with E-state index < -0.39 is 36.0 Å². The lowest BCUT2D eigenvalue weighted by Crippen LogP contribution is -2.48. The molecular formula is C24H17BrClNO7. The van der Waals surface area contributed by atoms with Crippen LogP contribution >= 0.6 is 27.5 Å². The van der Waals surface area contributed by atoms with E-state index >= 15 is 0 Å². The molecule has 34 heavy (non-hydrogen) atoms. The normalized spacial score (nSPS) is 12.2. The molecule has 0 saturated heterocycles. The number of carbonyl (C=O) groups is 4. The van der Waals surface area contributed by atoms with E-state index in [4.69, 9.17) is 21.1 Å². The maximum absolute atomic E-state index is 13.0. The summed E-state index contributed by atoms with van der Waals surface area (Å²) in [5.41, 5.74) is 0.338. The molecule has 0 saturated carbocycles. The number of carboxylic acids is 1. The van der Waals surface area contributed by atoms with Crippen molar-refractivity contribution < 1.29 is 33.8 Å². The van der Waals surface area contributed by atoms with Crippen molar-refractivity contribution in [2.45, 2.75) is 12.2 Å². The van der Waals surface area contributed by atoms with Gasteiger partial charge in [0.1, 0.15) is 0 Å². The molecule has 3 aromatic rings. The largest absolute Gasteiger partial charge is 0.478 e. The van der Waals surface area contributed by atoms with Gasteiger partial charge in [0.2, 0.25) is 12.2 Å². The third-order valence-electron chi connectivity index (χ3n) is 4.45. The SMILES string of the molecule is O=C(O[C@@H](C(=O)O)[C@@H](OC(=O)c1ccccc1)C(=O)Nc1ccc(Br)c(Cl)c1)c1ccccc1. The van der Waals surface area contributed by atoms with Gasteiger partial charge >= 0.3 is 17.9 Å². The van der Waals surface area contributed by atoms with Crippen LogP contribution in [-0.4, -0.2) is 41.1 Å². The summed E-state index contributed by atoms with van der Waals surface area (Å²) in [5, 5.41) is 12.5. The van der Waals surface area contributed by atoms with Gasteiger partial charge in [0.05, 0.1) is 16.1 Å². The van der Waals surface area contributed by atoms with E-state index in [1.54, 1.807) is 42.5 Å². The summed E-state index contributed by atoms with van der Waals surface area (Å²) < 4.78 is 10.9. The second-order valence-electron chi connectivity index (χ2n) is 6.84. The predicted octanol–water partition coefficient (Wildman–Crippen LogP) is 4.58. The molecule has 2 N–H and O–H groups in total. The first kappa shape index (κ1) is 24.9. The lowest BCUT2D eigenvalue weighted by atomic mass is 10.1. The van der Waals surface area contributed by atoms with Crippen LogP contribution in [0.25, 0.3) is 0 Å². The van der Waals surface area contributed by atoms with Crippen molar-refractivity contribution in [1.29, 1.82) is 0 Å². The molecule has 0 aliphatic heterocycles. The van der Waals surface area contributed by atoms with E-state index in [1.165, 1.54) is 36.4 Å². The lowest BCUT2D eigenvalue weighted by molar-refractivity contribution is -0.157.